The molecule has 0 atom stereocenters. The molecule has 10 rings (SSSR count). The first-order chi connectivity index (χ1) is 26.0. The third-order valence-electron chi connectivity index (χ3n) is 10.3. The van der Waals surface area contributed by atoms with Gasteiger partial charge in [0.05, 0.1) is 11.0 Å². The van der Waals surface area contributed by atoms with Gasteiger partial charge < -0.3 is 4.42 Å². The molecule has 0 fully saturated rings. The van der Waals surface area contributed by atoms with Gasteiger partial charge in [-0.3, -0.25) is 9.13 Å². The van der Waals surface area contributed by atoms with Crippen LogP contribution >= 0.6 is 0 Å². The minimum absolute atomic E-state index is 0.0434. The van der Waals surface area contributed by atoms with Crippen molar-refractivity contribution in [3.8, 4) is 56.4 Å². The molecule has 0 radical (unpaired) electrons. The van der Waals surface area contributed by atoms with E-state index >= 15 is 0 Å². The molecule has 0 saturated carbocycles. The van der Waals surface area contributed by atoms with Crippen molar-refractivity contribution in [3.05, 3.63) is 162 Å². The second-order valence-electron chi connectivity index (χ2n) is 13.4. The largest absolute Gasteiger partial charge is 0.456 e. The molecule has 7 nitrogen and oxygen atoms in total. The third-order valence-corrected chi connectivity index (χ3v) is 10.3. The van der Waals surface area contributed by atoms with Gasteiger partial charge >= 0.3 is 5.69 Å². The summed E-state index contributed by atoms with van der Waals surface area (Å²) in [6.45, 7) is 0. The van der Waals surface area contributed by atoms with Crippen molar-refractivity contribution in [1.82, 2.24) is 24.1 Å². The average molecular weight is 686 g/mol. The molecule has 7 heteroatoms. The number of hydrogen-bond acceptors (Lipinski definition) is 5. The number of hydrogen-bond donors (Lipinski definition) is 0. The molecule has 0 aliphatic heterocycles. The highest BCUT2D eigenvalue weighted by atomic mass is 16.3. The number of rotatable bonds is 5. The molecule has 0 aliphatic carbocycles. The normalized spacial score (nSPS) is 11.7. The van der Waals surface area contributed by atoms with Crippen LogP contribution in [-0.2, 0) is 14.1 Å². The van der Waals surface area contributed by atoms with Crippen molar-refractivity contribution in [2.24, 2.45) is 14.1 Å². The zero-order valence-electron chi connectivity index (χ0n) is 29.0. The van der Waals surface area contributed by atoms with Gasteiger partial charge in [0.1, 0.15) is 11.2 Å². The first kappa shape index (κ1) is 30.7. The monoisotopic (exact) mass is 685 g/mol. The Balaban J connectivity index is 1.10. The minimum Gasteiger partial charge on any atom is -0.456 e. The van der Waals surface area contributed by atoms with Crippen molar-refractivity contribution in [2.75, 3.05) is 0 Å². The molecule has 0 bridgehead atoms. The molecule has 0 aliphatic rings. The molecule has 3 heterocycles. The van der Waals surface area contributed by atoms with Gasteiger partial charge in [0.25, 0.3) is 0 Å². The molecule has 3 aromatic heterocycles. The molecule has 0 N–H and O–H groups in total. The zero-order chi connectivity index (χ0) is 35.6. The lowest BCUT2D eigenvalue weighted by molar-refractivity contribution is 0.669. The highest BCUT2D eigenvalue weighted by Crippen LogP contribution is 2.39. The quantitative estimate of drug-likeness (QED) is 0.180. The highest BCUT2D eigenvalue weighted by Gasteiger charge is 2.18. The fourth-order valence-electron chi connectivity index (χ4n) is 7.48. The standard InChI is InChI=1S/C46H31N5O2/c1-50-38-23-20-32(27-39(38)51(2)46(50)52)28-16-18-31(19-17-28)44-47-43(30-11-4-3-5-12-30)48-45(49-44)36-15-9-8-13-34(36)33-22-24-40-37(26-33)42-35-14-7-6-10-29(35)21-25-41(42)53-40/h3-27H,1-2H3. The van der Waals surface area contributed by atoms with Crippen LogP contribution in [0.25, 0.3) is 100 Å². The van der Waals surface area contributed by atoms with Crippen molar-refractivity contribution in [1.29, 1.82) is 0 Å². The van der Waals surface area contributed by atoms with Gasteiger partial charge in [0, 0.05) is 41.6 Å². The Kier molecular flexibility index (Phi) is 6.94. The maximum Gasteiger partial charge on any atom is 0.328 e. The van der Waals surface area contributed by atoms with Crippen molar-refractivity contribution >= 4 is 43.7 Å². The van der Waals surface area contributed by atoms with Crippen molar-refractivity contribution < 1.29 is 4.42 Å². The second-order valence-corrected chi connectivity index (χ2v) is 13.4. The van der Waals surface area contributed by atoms with E-state index in [0.717, 1.165) is 71.9 Å². The van der Waals surface area contributed by atoms with Gasteiger partial charge in [-0.25, -0.2) is 19.7 Å². The summed E-state index contributed by atoms with van der Waals surface area (Å²) in [7, 11) is 3.60. The Hall–Kier alpha value is -7.12. The van der Waals surface area contributed by atoms with E-state index in [1.165, 1.54) is 10.8 Å². The molecule has 10 aromatic rings. The van der Waals surface area contributed by atoms with Crippen molar-refractivity contribution in [3.63, 3.8) is 0 Å². The van der Waals surface area contributed by atoms with Crippen LogP contribution in [0.2, 0.25) is 0 Å². The molecule has 0 amide bonds. The van der Waals surface area contributed by atoms with Gasteiger partial charge in [-0.1, -0.05) is 121 Å². The number of benzene rings is 7. The van der Waals surface area contributed by atoms with Crippen LogP contribution in [0, 0.1) is 0 Å². The predicted molar refractivity (Wildman–Crippen MR) is 214 cm³/mol. The molecule has 53 heavy (non-hydrogen) atoms. The van der Waals surface area contributed by atoms with Gasteiger partial charge in [0.15, 0.2) is 17.5 Å². The molecule has 252 valence electrons. The van der Waals surface area contributed by atoms with Gasteiger partial charge in [-0.15, -0.1) is 0 Å². The highest BCUT2D eigenvalue weighted by molar-refractivity contribution is 6.19. The van der Waals surface area contributed by atoms with Crippen molar-refractivity contribution in [2.45, 2.75) is 0 Å². The van der Waals surface area contributed by atoms with Crippen LogP contribution in [-0.4, -0.2) is 24.1 Å². The molecule has 0 spiro atoms. The maximum atomic E-state index is 12.5. The summed E-state index contributed by atoms with van der Waals surface area (Å²) in [5.41, 5.74) is 10.3. The fourth-order valence-corrected chi connectivity index (χ4v) is 7.48. The first-order valence-corrected chi connectivity index (χ1v) is 17.5. The number of aryl methyl sites for hydroxylation is 2. The lowest BCUT2D eigenvalue weighted by Crippen LogP contribution is -2.19. The van der Waals surface area contributed by atoms with E-state index in [1.54, 1.807) is 23.2 Å². The third kappa shape index (κ3) is 5.05. The Morgan fingerprint density at radius 3 is 1.87 bits per heavy atom. The number of furan rings is 1. The summed E-state index contributed by atoms with van der Waals surface area (Å²) in [5.74, 6) is 1.77. The van der Waals surface area contributed by atoms with E-state index in [4.69, 9.17) is 19.4 Å². The Morgan fingerprint density at radius 1 is 0.453 bits per heavy atom. The first-order valence-electron chi connectivity index (χ1n) is 17.5. The van der Waals surface area contributed by atoms with Crippen LogP contribution in [0.3, 0.4) is 0 Å². The van der Waals surface area contributed by atoms with Crippen LogP contribution in [0.15, 0.2) is 161 Å². The number of fused-ring (bicyclic) bond motifs is 6. The summed E-state index contributed by atoms with van der Waals surface area (Å²) < 4.78 is 9.66. The van der Waals surface area contributed by atoms with Gasteiger partial charge in [0.2, 0.25) is 0 Å². The lowest BCUT2D eigenvalue weighted by atomic mass is 9.96. The predicted octanol–water partition coefficient (Wildman–Crippen LogP) is 10.4. The van der Waals surface area contributed by atoms with Crippen LogP contribution in [0.4, 0.5) is 0 Å². The smallest absolute Gasteiger partial charge is 0.328 e. The van der Waals surface area contributed by atoms with Crippen LogP contribution in [0.5, 0.6) is 0 Å². The Bertz CT molecular complexity index is 3100. The summed E-state index contributed by atoms with van der Waals surface area (Å²) in [4.78, 5) is 27.7. The molecule has 0 unspecified atom stereocenters. The van der Waals surface area contributed by atoms with E-state index in [0.29, 0.717) is 17.5 Å². The second kappa shape index (κ2) is 12.0. The SMILES string of the molecule is Cn1c(=O)n(C)c2cc(-c3ccc(-c4nc(-c5ccccc5)nc(-c5ccccc5-c5ccc6oc7ccc8ccccc8c7c6c5)n4)cc3)ccc21. The topological polar surface area (TPSA) is 78.7 Å². The molecular formula is C46H31N5O2. The average Bonchev–Trinajstić information content (AvgIpc) is 3.71. The van der Waals surface area contributed by atoms with Crippen LogP contribution < -0.4 is 5.69 Å². The summed E-state index contributed by atoms with van der Waals surface area (Å²) in [6, 6.07) is 51.6. The number of imidazole rings is 1. The maximum absolute atomic E-state index is 12.5. The fraction of sp³-hybridized carbons (Fsp3) is 0.0435. The number of nitrogens with zero attached hydrogens (tertiary/aromatic N) is 5. The summed E-state index contributed by atoms with van der Waals surface area (Å²) in [5, 5.41) is 4.53. The van der Waals surface area contributed by atoms with Crippen LogP contribution in [0.1, 0.15) is 0 Å². The zero-order valence-corrected chi connectivity index (χ0v) is 29.0. The van der Waals surface area contributed by atoms with Gasteiger partial charge in [-0.2, -0.15) is 0 Å². The minimum atomic E-state index is -0.0434. The van der Waals surface area contributed by atoms with E-state index in [2.05, 4.69) is 97.1 Å². The summed E-state index contributed by atoms with van der Waals surface area (Å²) >= 11 is 0. The van der Waals surface area contributed by atoms with E-state index in [-0.39, 0.29) is 5.69 Å². The Morgan fingerprint density at radius 2 is 1.06 bits per heavy atom. The number of aromatic nitrogens is 5. The van der Waals surface area contributed by atoms with Gasteiger partial charge in [-0.05, 0) is 63.4 Å². The molecule has 7 aromatic carbocycles. The Labute approximate surface area is 304 Å². The molecular weight excluding hydrogens is 655 g/mol. The van der Waals surface area contributed by atoms with E-state index < -0.39 is 0 Å². The molecule has 0 saturated heterocycles. The van der Waals surface area contributed by atoms with E-state index in [1.807, 2.05) is 54.6 Å². The lowest BCUT2D eigenvalue weighted by Gasteiger charge is -2.12. The van der Waals surface area contributed by atoms with E-state index in [9.17, 15) is 4.79 Å². The summed E-state index contributed by atoms with van der Waals surface area (Å²) in [6.07, 6.45) is 0.